The zero-order valence-corrected chi connectivity index (χ0v) is 17.3. The van der Waals surface area contributed by atoms with E-state index in [9.17, 15) is 9.59 Å². The second-order valence-electron chi connectivity index (χ2n) is 7.43. The van der Waals surface area contributed by atoms with Crippen molar-refractivity contribution in [3.8, 4) is 0 Å². The van der Waals surface area contributed by atoms with Crippen molar-refractivity contribution >= 4 is 23.2 Å². The van der Waals surface area contributed by atoms with Crippen LogP contribution in [0.4, 0.5) is 11.4 Å². The van der Waals surface area contributed by atoms with Crippen LogP contribution in [0.15, 0.2) is 84.9 Å². The van der Waals surface area contributed by atoms with Gasteiger partial charge in [-0.3, -0.25) is 9.59 Å². The molecule has 3 aromatic carbocycles. The Bertz CT molecular complexity index is 972. The van der Waals surface area contributed by atoms with Gasteiger partial charge in [0.25, 0.3) is 5.91 Å². The van der Waals surface area contributed by atoms with Crippen LogP contribution in [-0.4, -0.2) is 18.4 Å². The molecule has 0 bridgehead atoms. The quantitative estimate of drug-likeness (QED) is 0.505. The first-order valence-electron chi connectivity index (χ1n) is 10.1. The van der Waals surface area contributed by atoms with Gasteiger partial charge in [-0.15, -0.1) is 0 Å². The molecule has 3 N–H and O–H groups in total. The molecule has 0 aliphatic heterocycles. The second kappa shape index (κ2) is 10.4. The number of carbonyl (C=O) groups excluding carboxylic acids is 2. The maximum atomic E-state index is 12.7. The number of benzene rings is 3. The lowest BCUT2D eigenvalue weighted by molar-refractivity contribution is -0.115. The van der Waals surface area contributed by atoms with Crippen LogP contribution in [0.1, 0.15) is 35.8 Å². The Morgan fingerprint density at radius 3 is 2.03 bits per heavy atom. The topological polar surface area (TPSA) is 70.2 Å². The van der Waals surface area contributed by atoms with E-state index in [0.29, 0.717) is 22.9 Å². The Morgan fingerprint density at radius 2 is 1.37 bits per heavy atom. The van der Waals surface area contributed by atoms with E-state index in [0.717, 1.165) is 5.56 Å². The molecule has 0 saturated heterocycles. The van der Waals surface area contributed by atoms with Crippen LogP contribution in [-0.2, 0) is 4.79 Å². The highest BCUT2D eigenvalue weighted by molar-refractivity contribution is 6.10. The monoisotopic (exact) mass is 401 g/mol. The minimum Gasteiger partial charge on any atom is -0.324 e. The molecule has 2 amide bonds. The van der Waals surface area contributed by atoms with Crippen molar-refractivity contribution < 1.29 is 9.59 Å². The number of amides is 2. The van der Waals surface area contributed by atoms with Gasteiger partial charge in [-0.05, 0) is 35.7 Å². The summed E-state index contributed by atoms with van der Waals surface area (Å²) in [5, 5.41) is 9.04. The third-order valence-electron chi connectivity index (χ3n) is 4.79. The van der Waals surface area contributed by atoms with Gasteiger partial charge in [0.15, 0.2) is 0 Å². The van der Waals surface area contributed by atoms with Crippen LogP contribution in [0.3, 0.4) is 0 Å². The molecule has 5 nitrogen and oxygen atoms in total. The molecule has 3 aromatic rings. The average Bonchev–Trinajstić information content (AvgIpc) is 2.75. The first-order chi connectivity index (χ1) is 14.5. The number of anilines is 2. The molecule has 1 atom stereocenters. The molecule has 0 aliphatic carbocycles. The van der Waals surface area contributed by atoms with E-state index in [1.54, 1.807) is 24.3 Å². The van der Waals surface area contributed by atoms with E-state index in [1.165, 1.54) is 0 Å². The fourth-order valence-electron chi connectivity index (χ4n) is 3.31. The zero-order chi connectivity index (χ0) is 21.3. The molecule has 0 unspecified atom stereocenters. The van der Waals surface area contributed by atoms with Gasteiger partial charge in [0.1, 0.15) is 0 Å². The van der Waals surface area contributed by atoms with E-state index < -0.39 is 0 Å². The number of hydrogen-bond donors (Lipinski definition) is 3. The molecule has 5 heteroatoms. The van der Waals surface area contributed by atoms with E-state index in [2.05, 4.69) is 41.9 Å². The van der Waals surface area contributed by atoms with Gasteiger partial charge >= 0.3 is 0 Å². The summed E-state index contributed by atoms with van der Waals surface area (Å²) >= 11 is 0. The van der Waals surface area contributed by atoms with Gasteiger partial charge in [0.05, 0.1) is 17.8 Å². The molecule has 0 fully saturated rings. The van der Waals surface area contributed by atoms with Crippen LogP contribution in [0.5, 0.6) is 0 Å². The average molecular weight is 402 g/mol. The standard InChI is InChI=1S/C25H27N3O2/c1-18(2)24(19-11-5-3-6-12-19)26-17-23(29)28-22-16-10-9-15-21(22)25(30)27-20-13-7-4-8-14-20/h3-16,18,24,26H,17H2,1-2H3,(H,27,30)(H,28,29)/t24-/m0/s1. The summed E-state index contributed by atoms with van der Waals surface area (Å²) in [6.07, 6.45) is 0. The molecule has 0 spiro atoms. The van der Waals surface area contributed by atoms with E-state index in [1.807, 2.05) is 48.5 Å². The first kappa shape index (κ1) is 21.3. The minimum atomic E-state index is -0.269. The van der Waals surface area contributed by atoms with Crippen molar-refractivity contribution in [1.82, 2.24) is 5.32 Å². The van der Waals surface area contributed by atoms with Gasteiger partial charge < -0.3 is 16.0 Å². The Balaban J connectivity index is 1.65. The summed E-state index contributed by atoms with van der Waals surface area (Å²) in [6.45, 7) is 4.38. The lowest BCUT2D eigenvalue weighted by atomic mass is 9.96. The maximum absolute atomic E-state index is 12.7. The number of rotatable bonds is 8. The van der Waals surface area contributed by atoms with Crippen LogP contribution >= 0.6 is 0 Å². The van der Waals surface area contributed by atoms with Gasteiger partial charge in [0, 0.05) is 11.7 Å². The summed E-state index contributed by atoms with van der Waals surface area (Å²) < 4.78 is 0. The second-order valence-corrected chi connectivity index (χ2v) is 7.43. The number of para-hydroxylation sites is 2. The molecule has 30 heavy (non-hydrogen) atoms. The van der Waals surface area contributed by atoms with Crippen molar-refractivity contribution in [2.24, 2.45) is 5.92 Å². The molecule has 3 rings (SSSR count). The van der Waals surface area contributed by atoms with Crippen molar-refractivity contribution in [3.05, 3.63) is 96.1 Å². The SMILES string of the molecule is CC(C)[C@H](NCC(=O)Nc1ccccc1C(=O)Nc1ccccc1)c1ccccc1. The highest BCUT2D eigenvalue weighted by Gasteiger charge is 2.17. The largest absolute Gasteiger partial charge is 0.324 e. The van der Waals surface area contributed by atoms with Gasteiger partial charge in [0.2, 0.25) is 5.91 Å². The summed E-state index contributed by atoms with van der Waals surface area (Å²) in [5.74, 6) is -0.143. The number of carbonyl (C=O) groups is 2. The predicted molar refractivity (Wildman–Crippen MR) is 121 cm³/mol. The van der Waals surface area contributed by atoms with Crippen molar-refractivity contribution in [2.45, 2.75) is 19.9 Å². The van der Waals surface area contributed by atoms with E-state index in [-0.39, 0.29) is 24.4 Å². The molecular weight excluding hydrogens is 374 g/mol. The maximum Gasteiger partial charge on any atom is 0.257 e. The Morgan fingerprint density at radius 1 is 0.767 bits per heavy atom. The van der Waals surface area contributed by atoms with Crippen LogP contribution < -0.4 is 16.0 Å². The van der Waals surface area contributed by atoms with Gasteiger partial charge in [-0.1, -0.05) is 74.5 Å². The summed E-state index contributed by atoms with van der Waals surface area (Å²) in [5.41, 5.74) is 2.74. The van der Waals surface area contributed by atoms with Crippen molar-refractivity contribution in [3.63, 3.8) is 0 Å². The molecule has 0 aliphatic rings. The minimum absolute atomic E-state index is 0.0635. The van der Waals surface area contributed by atoms with Gasteiger partial charge in [-0.2, -0.15) is 0 Å². The van der Waals surface area contributed by atoms with Crippen LogP contribution in [0.25, 0.3) is 0 Å². The van der Waals surface area contributed by atoms with Crippen LogP contribution in [0.2, 0.25) is 0 Å². The Hall–Kier alpha value is -3.44. The lowest BCUT2D eigenvalue weighted by Gasteiger charge is -2.23. The number of nitrogens with one attached hydrogen (secondary N) is 3. The fourth-order valence-corrected chi connectivity index (χ4v) is 3.31. The molecule has 0 heterocycles. The van der Waals surface area contributed by atoms with Crippen molar-refractivity contribution in [1.29, 1.82) is 0 Å². The van der Waals surface area contributed by atoms with Crippen LogP contribution in [0, 0.1) is 5.92 Å². The predicted octanol–water partition coefficient (Wildman–Crippen LogP) is 4.86. The smallest absolute Gasteiger partial charge is 0.257 e. The summed E-state index contributed by atoms with van der Waals surface area (Å²) in [6, 6.07) is 26.4. The molecule has 0 saturated carbocycles. The van der Waals surface area contributed by atoms with Gasteiger partial charge in [-0.25, -0.2) is 0 Å². The highest BCUT2D eigenvalue weighted by Crippen LogP contribution is 2.21. The third-order valence-corrected chi connectivity index (χ3v) is 4.79. The van der Waals surface area contributed by atoms with Crippen molar-refractivity contribution in [2.75, 3.05) is 17.2 Å². The molecule has 0 radical (unpaired) electrons. The summed E-state index contributed by atoms with van der Waals surface area (Å²) in [4.78, 5) is 25.3. The van der Waals surface area contributed by atoms with E-state index in [4.69, 9.17) is 0 Å². The summed E-state index contributed by atoms with van der Waals surface area (Å²) in [7, 11) is 0. The van der Waals surface area contributed by atoms with E-state index >= 15 is 0 Å². The Kier molecular flexibility index (Phi) is 7.35. The third kappa shape index (κ3) is 5.78. The molecular formula is C25H27N3O2. The fraction of sp³-hybridized carbons (Fsp3) is 0.200. The lowest BCUT2D eigenvalue weighted by Crippen LogP contribution is -2.34. The zero-order valence-electron chi connectivity index (χ0n) is 17.3. The Labute approximate surface area is 177 Å². The number of hydrogen-bond acceptors (Lipinski definition) is 3. The first-order valence-corrected chi connectivity index (χ1v) is 10.1. The molecule has 0 aromatic heterocycles. The molecule has 154 valence electrons. The highest BCUT2D eigenvalue weighted by atomic mass is 16.2. The normalized spacial score (nSPS) is 11.7.